The molecule has 0 radical (unpaired) electrons. The monoisotopic (exact) mass is 333 g/mol. The molecule has 2 nitrogen and oxygen atoms in total. The molecule has 0 atom stereocenters. The standard InChI is InChI=1S/C13H14BrClFNO/c14-6-7-17(10-2-1-3-10)13(18)9-4-5-12(16)11(15)8-9/h4-5,8,10H,1-3,6-7H2. The second-order valence-electron chi connectivity index (χ2n) is 4.40. The smallest absolute Gasteiger partial charge is 0.254 e. The molecule has 5 heteroatoms. The summed E-state index contributed by atoms with van der Waals surface area (Å²) in [5.41, 5.74) is 0.453. The maximum Gasteiger partial charge on any atom is 0.254 e. The van der Waals surface area contributed by atoms with Gasteiger partial charge in [0.05, 0.1) is 5.02 Å². The number of carbonyl (C=O) groups excluding carboxylic acids is 1. The lowest BCUT2D eigenvalue weighted by molar-refractivity contribution is 0.0599. The Labute approximate surface area is 119 Å². The molecule has 18 heavy (non-hydrogen) atoms. The third-order valence-electron chi connectivity index (χ3n) is 3.27. The highest BCUT2D eigenvalue weighted by molar-refractivity contribution is 9.09. The van der Waals surface area contributed by atoms with Crippen LogP contribution in [0.5, 0.6) is 0 Å². The predicted molar refractivity (Wildman–Crippen MR) is 73.9 cm³/mol. The Morgan fingerprint density at radius 2 is 2.22 bits per heavy atom. The van der Waals surface area contributed by atoms with Crippen molar-refractivity contribution in [3.8, 4) is 0 Å². The first kappa shape index (κ1) is 13.8. The van der Waals surface area contributed by atoms with E-state index in [0.29, 0.717) is 18.2 Å². The van der Waals surface area contributed by atoms with Crippen molar-refractivity contribution in [3.63, 3.8) is 0 Å². The van der Waals surface area contributed by atoms with Crippen molar-refractivity contribution in [3.05, 3.63) is 34.6 Å². The normalized spacial score (nSPS) is 15.3. The van der Waals surface area contributed by atoms with E-state index in [4.69, 9.17) is 11.6 Å². The summed E-state index contributed by atoms with van der Waals surface area (Å²) in [4.78, 5) is 14.2. The molecule has 1 aromatic rings. The van der Waals surface area contributed by atoms with E-state index in [9.17, 15) is 9.18 Å². The SMILES string of the molecule is O=C(c1ccc(F)c(Cl)c1)N(CCBr)C1CCC1. The largest absolute Gasteiger partial charge is 0.335 e. The van der Waals surface area contributed by atoms with Crippen LogP contribution in [0.25, 0.3) is 0 Å². The van der Waals surface area contributed by atoms with Crippen molar-refractivity contribution < 1.29 is 9.18 Å². The molecule has 0 aromatic heterocycles. The van der Waals surface area contributed by atoms with E-state index in [1.807, 2.05) is 4.90 Å². The van der Waals surface area contributed by atoms with Crippen LogP contribution < -0.4 is 0 Å². The lowest BCUT2D eigenvalue weighted by atomic mass is 9.91. The first-order valence-corrected chi connectivity index (χ1v) is 7.45. The number of alkyl halides is 1. The second kappa shape index (κ2) is 6.02. The van der Waals surface area contributed by atoms with Gasteiger partial charge in [0.25, 0.3) is 5.91 Å². The van der Waals surface area contributed by atoms with Crippen LogP contribution in [0.4, 0.5) is 4.39 Å². The van der Waals surface area contributed by atoms with Gasteiger partial charge in [-0.05, 0) is 37.5 Å². The molecule has 0 bridgehead atoms. The van der Waals surface area contributed by atoms with Crippen LogP contribution in [-0.4, -0.2) is 28.7 Å². The van der Waals surface area contributed by atoms with E-state index in [0.717, 1.165) is 18.2 Å². The molecule has 98 valence electrons. The van der Waals surface area contributed by atoms with E-state index in [-0.39, 0.29) is 10.9 Å². The quantitative estimate of drug-likeness (QED) is 0.766. The summed E-state index contributed by atoms with van der Waals surface area (Å²) in [5.74, 6) is -0.565. The average Bonchev–Trinajstić information content (AvgIpc) is 2.29. The van der Waals surface area contributed by atoms with Crippen molar-refractivity contribution in [2.75, 3.05) is 11.9 Å². The van der Waals surface area contributed by atoms with Gasteiger partial charge in [-0.2, -0.15) is 0 Å². The molecule has 0 spiro atoms. The molecule has 0 N–H and O–H groups in total. The van der Waals surface area contributed by atoms with Gasteiger partial charge in [0.1, 0.15) is 5.82 Å². The minimum absolute atomic E-state index is 0.00625. The van der Waals surface area contributed by atoms with Crippen molar-refractivity contribution in [1.82, 2.24) is 4.90 Å². The van der Waals surface area contributed by atoms with E-state index in [1.54, 1.807) is 0 Å². The molecule has 2 rings (SSSR count). The highest BCUT2D eigenvalue weighted by Crippen LogP contribution is 2.27. The van der Waals surface area contributed by atoms with Gasteiger partial charge in [-0.15, -0.1) is 0 Å². The Kier molecular flexibility index (Phi) is 4.62. The molecule has 0 unspecified atom stereocenters. The number of benzene rings is 1. The number of amides is 1. The summed E-state index contributed by atoms with van der Waals surface area (Å²) < 4.78 is 13.1. The van der Waals surface area contributed by atoms with Gasteiger partial charge in [0, 0.05) is 23.5 Å². The second-order valence-corrected chi connectivity index (χ2v) is 5.60. The number of carbonyl (C=O) groups is 1. The van der Waals surface area contributed by atoms with Crippen LogP contribution in [-0.2, 0) is 0 Å². The van der Waals surface area contributed by atoms with E-state index >= 15 is 0 Å². The highest BCUT2D eigenvalue weighted by Gasteiger charge is 2.29. The van der Waals surface area contributed by atoms with Crippen LogP contribution >= 0.6 is 27.5 Å². The Bertz CT molecular complexity index is 451. The Morgan fingerprint density at radius 1 is 1.50 bits per heavy atom. The van der Waals surface area contributed by atoms with Gasteiger partial charge in [-0.1, -0.05) is 27.5 Å². The molecule has 1 aromatic carbocycles. The lowest BCUT2D eigenvalue weighted by Gasteiger charge is -2.37. The molecule has 1 aliphatic carbocycles. The van der Waals surface area contributed by atoms with Crippen LogP contribution in [0.3, 0.4) is 0 Å². The molecule has 1 amide bonds. The zero-order valence-electron chi connectivity index (χ0n) is 9.83. The van der Waals surface area contributed by atoms with E-state index < -0.39 is 5.82 Å². The minimum Gasteiger partial charge on any atom is -0.335 e. The number of hydrogen-bond acceptors (Lipinski definition) is 1. The van der Waals surface area contributed by atoms with Crippen molar-refractivity contribution in [2.24, 2.45) is 0 Å². The third kappa shape index (κ3) is 2.86. The minimum atomic E-state index is -0.496. The maximum atomic E-state index is 13.1. The van der Waals surface area contributed by atoms with Gasteiger partial charge >= 0.3 is 0 Å². The molecule has 0 saturated heterocycles. The molecule has 0 heterocycles. The summed E-state index contributed by atoms with van der Waals surface area (Å²) >= 11 is 9.07. The highest BCUT2D eigenvalue weighted by atomic mass is 79.9. The fourth-order valence-electron chi connectivity index (χ4n) is 2.03. The Balaban J connectivity index is 2.18. The number of nitrogens with zero attached hydrogens (tertiary/aromatic N) is 1. The molecule has 1 fully saturated rings. The zero-order valence-corrected chi connectivity index (χ0v) is 12.2. The third-order valence-corrected chi connectivity index (χ3v) is 3.91. The fourth-order valence-corrected chi connectivity index (χ4v) is 2.60. The first-order valence-electron chi connectivity index (χ1n) is 5.95. The summed E-state index contributed by atoms with van der Waals surface area (Å²) in [6.45, 7) is 0.665. The number of halogens is 3. The molecule has 1 aliphatic rings. The first-order chi connectivity index (χ1) is 8.63. The topological polar surface area (TPSA) is 20.3 Å². The van der Waals surface area contributed by atoms with Crippen LogP contribution in [0.15, 0.2) is 18.2 Å². The maximum absolute atomic E-state index is 13.1. The van der Waals surface area contributed by atoms with E-state index in [1.165, 1.54) is 24.6 Å². The molecule has 0 aliphatic heterocycles. The fraction of sp³-hybridized carbons (Fsp3) is 0.462. The predicted octanol–water partition coefficient (Wildman–Crippen LogP) is 3.87. The number of rotatable bonds is 4. The molecule has 1 saturated carbocycles. The summed E-state index contributed by atoms with van der Waals surface area (Å²) in [5, 5.41) is 0.734. The van der Waals surface area contributed by atoms with Crippen molar-refractivity contribution in [1.29, 1.82) is 0 Å². The average molecular weight is 335 g/mol. The van der Waals surface area contributed by atoms with Gasteiger partial charge < -0.3 is 4.90 Å². The van der Waals surface area contributed by atoms with Crippen molar-refractivity contribution in [2.45, 2.75) is 25.3 Å². The number of hydrogen-bond donors (Lipinski definition) is 0. The van der Waals surface area contributed by atoms with Crippen LogP contribution in [0.2, 0.25) is 5.02 Å². The summed E-state index contributed by atoms with van der Waals surface area (Å²) in [6, 6.07) is 4.45. The Morgan fingerprint density at radius 3 is 2.72 bits per heavy atom. The molecular weight excluding hydrogens is 321 g/mol. The zero-order chi connectivity index (χ0) is 13.1. The van der Waals surface area contributed by atoms with Gasteiger partial charge in [-0.25, -0.2) is 4.39 Å². The van der Waals surface area contributed by atoms with Crippen LogP contribution in [0, 0.1) is 5.82 Å². The van der Waals surface area contributed by atoms with Gasteiger partial charge in [-0.3, -0.25) is 4.79 Å². The lowest BCUT2D eigenvalue weighted by Crippen LogP contribution is -2.45. The van der Waals surface area contributed by atoms with Crippen LogP contribution in [0.1, 0.15) is 29.6 Å². The van der Waals surface area contributed by atoms with Gasteiger partial charge in [0.15, 0.2) is 0 Å². The Hall–Kier alpha value is -0.610. The molecular formula is C13H14BrClFNO. The van der Waals surface area contributed by atoms with E-state index in [2.05, 4.69) is 15.9 Å². The van der Waals surface area contributed by atoms with Crippen molar-refractivity contribution >= 4 is 33.4 Å². The summed E-state index contributed by atoms with van der Waals surface area (Å²) in [6.07, 6.45) is 3.27. The summed E-state index contributed by atoms with van der Waals surface area (Å²) in [7, 11) is 0. The van der Waals surface area contributed by atoms with Gasteiger partial charge in [0.2, 0.25) is 0 Å².